The third-order valence-electron chi connectivity index (χ3n) is 4.56. The number of likely N-dealkylation sites (N-methyl/N-ethyl adjacent to an activating group) is 1. The fraction of sp³-hybridized carbons (Fsp3) is 0.571. The molecule has 1 aromatic carbocycles. The topological polar surface area (TPSA) is 40.6 Å². The second kappa shape index (κ2) is 5.40. The Balaban J connectivity index is 1.86. The molecule has 110 valence electrons. The fourth-order valence-electron chi connectivity index (χ4n) is 3.25. The zero-order valence-corrected chi connectivity index (χ0v) is 13.9. The van der Waals surface area contributed by atoms with Gasteiger partial charge in [0.25, 0.3) is 0 Å². The van der Waals surface area contributed by atoms with E-state index in [0.717, 1.165) is 17.3 Å². The minimum Gasteiger partial charge on any atom is -0.299 e. The van der Waals surface area contributed by atoms with Crippen LogP contribution in [-0.4, -0.2) is 49.8 Å². The zero-order chi connectivity index (χ0) is 14.3. The highest BCUT2D eigenvalue weighted by Gasteiger charge is 2.38. The first-order chi connectivity index (χ1) is 9.48. The van der Waals surface area contributed by atoms with Gasteiger partial charge in [0, 0.05) is 29.6 Å². The summed E-state index contributed by atoms with van der Waals surface area (Å²) in [5.41, 5.74) is 0. The van der Waals surface area contributed by atoms with Gasteiger partial charge in [0.15, 0.2) is 0 Å². The van der Waals surface area contributed by atoms with Gasteiger partial charge in [-0.2, -0.15) is 4.31 Å². The van der Waals surface area contributed by atoms with E-state index in [-0.39, 0.29) is 0 Å². The molecule has 2 aliphatic rings. The van der Waals surface area contributed by atoms with E-state index in [2.05, 4.69) is 27.9 Å². The Labute approximate surface area is 128 Å². The van der Waals surface area contributed by atoms with Crippen LogP contribution >= 0.6 is 15.9 Å². The maximum atomic E-state index is 12.7. The number of sulfonamides is 1. The van der Waals surface area contributed by atoms with Gasteiger partial charge in [-0.1, -0.05) is 15.9 Å². The molecule has 2 saturated heterocycles. The Hall–Kier alpha value is -0.430. The third-order valence-corrected chi connectivity index (χ3v) is 6.97. The maximum Gasteiger partial charge on any atom is 0.243 e. The Morgan fingerprint density at radius 3 is 2.45 bits per heavy atom. The average Bonchev–Trinajstić information content (AvgIpc) is 2.63. The van der Waals surface area contributed by atoms with Crippen molar-refractivity contribution in [2.45, 2.75) is 36.2 Å². The first-order valence-corrected chi connectivity index (χ1v) is 9.19. The maximum absolute atomic E-state index is 12.7. The Morgan fingerprint density at radius 2 is 1.75 bits per heavy atom. The number of hydrogen-bond donors (Lipinski definition) is 0. The van der Waals surface area contributed by atoms with Crippen molar-refractivity contribution in [3.05, 3.63) is 28.7 Å². The van der Waals surface area contributed by atoms with Gasteiger partial charge in [0.1, 0.15) is 0 Å². The van der Waals surface area contributed by atoms with Gasteiger partial charge in [-0.25, -0.2) is 8.42 Å². The van der Waals surface area contributed by atoms with Crippen molar-refractivity contribution in [3.8, 4) is 0 Å². The monoisotopic (exact) mass is 358 g/mol. The molecule has 0 aromatic heterocycles. The lowest BCUT2D eigenvalue weighted by molar-refractivity contribution is 0.246. The van der Waals surface area contributed by atoms with Crippen LogP contribution in [0.5, 0.6) is 0 Å². The first kappa shape index (κ1) is 14.5. The summed E-state index contributed by atoms with van der Waals surface area (Å²) in [5.74, 6) is 0. The predicted octanol–water partition coefficient (Wildman–Crippen LogP) is 2.31. The highest BCUT2D eigenvalue weighted by atomic mass is 79.9. The number of hydrogen-bond acceptors (Lipinski definition) is 3. The quantitative estimate of drug-likeness (QED) is 0.814. The van der Waals surface area contributed by atoms with Crippen LogP contribution in [0.15, 0.2) is 33.6 Å². The molecule has 0 aliphatic carbocycles. The van der Waals surface area contributed by atoms with Gasteiger partial charge < -0.3 is 0 Å². The fourth-order valence-corrected chi connectivity index (χ4v) is 5.01. The summed E-state index contributed by atoms with van der Waals surface area (Å²) in [7, 11) is -1.24. The van der Waals surface area contributed by atoms with E-state index < -0.39 is 10.0 Å². The van der Waals surface area contributed by atoms with Crippen LogP contribution in [0.4, 0.5) is 0 Å². The SMILES string of the molecule is CN1C2CCC1CN(S(=O)(=O)c1ccc(Br)cc1)CC2. The van der Waals surface area contributed by atoms with Crippen LogP contribution in [0, 0.1) is 0 Å². The second-order valence-corrected chi connectivity index (χ2v) is 8.51. The Morgan fingerprint density at radius 1 is 1.10 bits per heavy atom. The van der Waals surface area contributed by atoms with E-state index in [1.165, 1.54) is 6.42 Å². The molecule has 4 nitrogen and oxygen atoms in total. The zero-order valence-electron chi connectivity index (χ0n) is 11.5. The average molecular weight is 359 g/mol. The molecule has 20 heavy (non-hydrogen) atoms. The summed E-state index contributed by atoms with van der Waals surface area (Å²) < 4.78 is 28.0. The number of rotatable bonds is 2. The standard InChI is InChI=1S/C14H19BrN2O2S/c1-16-12-4-5-13(16)10-17(9-8-12)20(18,19)14-6-2-11(15)3-7-14/h2-3,6-7,12-13H,4-5,8-10H2,1H3. The van der Waals surface area contributed by atoms with Crippen molar-refractivity contribution < 1.29 is 8.42 Å². The minimum atomic E-state index is -3.36. The molecule has 2 atom stereocenters. The van der Waals surface area contributed by atoms with Crippen molar-refractivity contribution >= 4 is 26.0 Å². The van der Waals surface area contributed by atoms with Crippen LogP contribution in [-0.2, 0) is 10.0 Å². The molecule has 0 radical (unpaired) electrons. The summed E-state index contributed by atoms with van der Waals surface area (Å²) in [5, 5.41) is 0. The highest BCUT2D eigenvalue weighted by molar-refractivity contribution is 9.10. The van der Waals surface area contributed by atoms with E-state index in [4.69, 9.17) is 0 Å². The van der Waals surface area contributed by atoms with Gasteiger partial charge in [0.05, 0.1) is 4.90 Å². The van der Waals surface area contributed by atoms with Crippen LogP contribution in [0.3, 0.4) is 0 Å². The van der Waals surface area contributed by atoms with Gasteiger partial charge in [0.2, 0.25) is 10.0 Å². The Kier molecular flexibility index (Phi) is 3.92. The molecule has 0 N–H and O–H groups in total. The third kappa shape index (κ3) is 2.54. The molecule has 2 bridgehead atoms. The van der Waals surface area contributed by atoms with Crippen molar-refractivity contribution in [2.24, 2.45) is 0 Å². The normalized spacial score (nSPS) is 28.5. The summed E-state index contributed by atoms with van der Waals surface area (Å²) in [6, 6.07) is 7.82. The van der Waals surface area contributed by atoms with E-state index >= 15 is 0 Å². The largest absolute Gasteiger partial charge is 0.299 e. The molecule has 2 fully saturated rings. The molecular weight excluding hydrogens is 340 g/mol. The molecule has 3 rings (SSSR count). The van der Waals surface area contributed by atoms with Crippen molar-refractivity contribution in [2.75, 3.05) is 20.1 Å². The van der Waals surface area contributed by atoms with Gasteiger partial charge >= 0.3 is 0 Å². The Bertz CT molecular complexity index is 588. The van der Waals surface area contributed by atoms with Crippen LogP contribution < -0.4 is 0 Å². The summed E-state index contributed by atoms with van der Waals surface area (Å²) in [6.07, 6.45) is 3.24. The summed E-state index contributed by atoms with van der Waals surface area (Å²) >= 11 is 3.34. The minimum absolute atomic E-state index is 0.368. The molecule has 0 saturated carbocycles. The lowest BCUT2D eigenvalue weighted by Crippen LogP contribution is -2.39. The predicted molar refractivity (Wildman–Crippen MR) is 82.1 cm³/mol. The molecule has 2 heterocycles. The molecule has 2 unspecified atom stereocenters. The molecule has 2 aliphatic heterocycles. The van der Waals surface area contributed by atoms with Crippen LogP contribution in [0.25, 0.3) is 0 Å². The van der Waals surface area contributed by atoms with Gasteiger partial charge in [-0.3, -0.25) is 4.90 Å². The summed E-state index contributed by atoms with van der Waals surface area (Å²) in [6.45, 7) is 1.25. The van der Waals surface area contributed by atoms with E-state index in [0.29, 0.717) is 30.1 Å². The molecule has 0 spiro atoms. The number of nitrogens with zero attached hydrogens (tertiary/aromatic N) is 2. The first-order valence-electron chi connectivity index (χ1n) is 6.96. The lowest BCUT2D eigenvalue weighted by atomic mass is 10.1. The highest BCUT2D eigenvalue weighted by Crippen LogP contribution is 2.31. The van der Waals surface area contributed by atoms with Crippen molar-refractivity contribution in [1.82, 2.24) is 9.21 Å². The van der Waals surface area contributed by atoms with E-state index in [9.17, 15) is 8.42 Å². The molecular formula is C14H19BrN2O2S. The lowest BCUT2D eigenvalue weighted by Gasteiger charge is -2.25. The van der Waals surface area contributed by atoms with E-state index in [1.807, 2.05) is 0 Å². The smallest absolute Gasteiger partial charge is 0.243 e. The van der Waals surface area contributed by atoms with Gasteiger partial charge in [-0.15, -0.1) is 0 Å². The van der Waals surface area contributed by atoms with Crippen molar-refractivity contribution in [1.29, 1.82) is 0 Å². The molecule has 6 heteroatoms. The number of benzene rings is 1. The van der Waals surface area contributed by atoms with E-state index in [1.54, 1.807) is 28.6 Å². The van der Waals surface area contributed by atoms with Crippen LogP contribution in [0.2, 0.25) is 0 Å². The summed E-state index contributed by atoms with van der Waals surface area (Å²) in [4.78, 5) is 2.75. The molecule has 0 amide bonds. The number of fused-ring (bicyclic) bond motifs is 2. The van der Waals surface area contributed by atoms with Crippen molar-refractivity contribution in [3.63, 3.8) is 0 Å². The molecule has 1 aromatic rings. The number of halogens is 1. The second-order valence-electron chi connectivity index (χ2n) is 5.66. The van der Waals surface area contributed by atoms with Crippen LogP contribution in [0.1, 0.15) is 19.3 Å². The van der Waals surface area contributed by atoms with Gasteiger partial charge in [-0.05, 0) is 50.6 Å².